The number of nitrogen functional groups attached to an aromatic ring is 2. The van der Waals surface area contributed by atoms with Gasteiger partial charge in [0.1, 0.15) is 11.4 Å². The van der Waals surface area contributed by atoms with E-state index in [1.165, 1.54) is 22.0 Å². The normalized spacial score (nSPS) is 11.3. The summed E-state index contributed by atoms with van der Waals surface area (Å²) >= 11 is 1.33. The van der Waals surface area contributed by atoms with Gasteiger partial charge in [-0.25, -0.2) is 14.8 Å². The number of rotatable bonds is 4. The van der Waals surface area contributed by atoms with Gasteiger partial charge in [0.15, 0.2) is 17.2 Å². The first-order valence-corrected chi connectivity index (χ1v) is 7.40. The Morgan fingerprint density at radius 3 is 2.91 bits per heavy atom. The molecule has 3 aromatic heterocycles. The molecule has 0 saturated carbocycles. The third-order valence-electron chi connectivity index (χ3n) is 2.83. The topological polar surface area (TPSA) is 146 Å². The van der Waals surface area contributed by atoms with Crippen molar-refractivity contribution in [3.63, 3.8) is 0 Å². The first kappa shape index (κ1) is 14.8. The summed E-state index contributed by atoms with van der Waals surface area (Å²) in [4.78, 5) is 19.9. The van der Waals surface area contributed by atoms with E-state index < -0.39 is 5.97 Å². The summed E-state index contributed by atoms with van der Waals surface area (Å²) < 4.78 is 6.14. The molecule has 0 atom stereocenters. The summed E-state index contributed by atoms with van der Waals surface area (Å²) in [6.45, 7) is 1.92. The van der Waals surface area contributed by atoms with Crippen LogP contribution in [0.25, 0.3) is 5.65 Å². The largest absolute Gasteiger partial charge is 0.462 e. The van der Waals surface area contributed by atoms with Gasteiger partial charge in [-0.1, -0.05) is 0 Å². The summed E-state index contributed by atoms with van der Waals surface area (Å²) in [6.07, 6.45) is 2.91. The van der Waals surface area contributed by atoms with Crippen LogP contribution in [-0.4, -0.2) is 32.2 Å². The molecule has 0 bridgehead atoms. The van der Waals surface area contributed by atoms with Crippen LogP contribution in [0.15, 0.2) is 28.0 Å². The van der Waals surface area contributed by atoms with Crippen LogP contribution in [0.2, 0.25) is 0 Å². The second kappa shape index (κ2) is 5.96. The van der Waals surface area contributed by atoms with E-state index in [0.29, 0.717) is 5.13 Å². The highest BCUT2D eigenvalue weighted by atomic mass is 32.1. The van der Waals surface area contributed by atoms with Crippen LogP contribution < -0.4 is 11.5 Å². The third kappa shape index (κ3) is 2.68. The zero-order valence-electron chi connectivity index (χ0n) is 12.0. The Morgan fingerprint density at radius 2 is 2.22 bits per heavy atom. The van der Waals surface area contributed by atoms with Gasteiger partial charge in [0.05, 0.1) is 6.61 Å². The number of fused-ring (bicyclic) bond motifs is 1. The number of hydrogen-bond acceptors (Lipinski definition) is 10. The number of carbonyl (C=O) groups is 1. The van der Waals surface area contributed by atoms with Crippen LogP contribution in [0.5, 0.6) is 0 Å². The van der Waals surface area contributed by atoms with Crippen molar-refractivity contribution in [2.24, 2.45) is 10.2 Å². The van der Waals surface area contributed by atoms with Crippen molar-refractivity contribution in [3.05, 3.63) is 23.3 Å². The molecule has 0 spiro atoms. The van der Waals surface area contributed by atoms with Crippen LogP contribution in [0.4, 0.5) is 22.5 Å². The molecule has 4 N–H and O–H groups in total. The van der Waals surface area contributed by atoms with E-state index >= 15 is 0 Å². The number of ether oxygens (including phenoxy) is 1. The number of aromatic nitrogens is 4. The molecular weight excluding hydrogens is 320 g/mol. The first-order chi connectivity index (χ1) is 11.1. The summed E-state index contributed by atoms with van der Waals surface area (Å²) in [5, 5.41) is 14.3. The quantitative estimate of drug-likeness (QED) is 0.548. The predicted octanol–water partition coefficient (Wildman–Crippen LogP) is 1.94. The Bertz CT molecular complexity index is 886. The Morgan fingerprint density at radius 1 is 1.39 bits per heavy atom. The molecule has 118 valence electrons. The third-order valence-corrected chi connectivity index (χ3v) is 3.49. The minimum atomic E-state index is -0.584. The van der Waals surface area contributed by atoms with Gasteiger partial charge in [-0.2, -0.15) is 4.52 Å². The minimum Gasteiger partial charge on any atom is -0.462 e. The molecule has 11 heteroatoms. The van der Waals surface area contributed by atoms with E-state index in [0.717, 1.165) is 0 Å². The van der Waals surface area contributed by atoms with Gasteiger partial charge in [-0.3, -0.25) is 0 Å². The maximum Gasteiger partial charge on any atom is 0.343 e. The van der Waals surface area contributed by atoms with Gasteiger partial charge in [0.25, 0.3) is 0 Å². The average molecular weight is 332 g/mol. The van der Waals surface area contributed by atoms with Crippen molar-refractivity contribution in [1.82, 2.24) is 19.6 Å². The summed E-state index contributed by atoms with van der Waals surface area (Å²) in [7, 11) is 0. The molecule has 23 heavy (non-hydrogen) atoms. The summed E-state index contributed by atoms with van der Waals surface area (Å²) in [6, 6.07) is 0. The van der Waals surface area contributed by atoms with E-state index in [1.807, 2.05) is 0 Å². The average Bonchev–Trinajstić information content (AvgIpc) is 3.14. The Kier molecular flexibility index (Phi) is 3.85. The van der Waals surface area contributed by atoms with Crippen molar-refractivity contribution < 1.29 is 9.53 Å². The summed E-state index contributed by atoms with van der Waals surface area (Å²) in [5.74, 6) is -0.430. The molecule has 0 aromatic carbocycles. The molecule has 0 unspecified atom stereocenters. The van der Waals surface area contributed by atoms with E-state index in [2.05, 4.69) is 25.3 Å². The standard InChI is InChI=1S/C12H12N8O2S/c1-2-22-11(21)6-5-16-10-7(8(13)19-20(10)9(6)14)17-18-12-15-3-4-23-12/h3-5H,2,14H2,1H3,(H2,13,19). The van der Waals surface area contributed by atoms with Crippen LogP contribution in [0.3, 0.4) is 0 Å². The molecule has 0 aliphatic rings. The Labute approximate surface area is 133 Å². The minimum absolute atomic E-state index is 0.0656. The van der Waals surface area contributed by atoms with Crippen LogP contribution >= 0.6 is 11.3 Å². The van der Waals surface area contributed by atoms with E-state index in [4.69, 9.17) is 16.2 Å². The zero-order valence-corrected chi connectivity index (χ0v) is 12.8. The maximum atomic E-state index is 11.8. The highest BCUT2D eigenvalue weighted by molar-refractivity contribution is 7.13. The molecule has 0 amide bonds. The molecule has 0 saturated heterocycles. The van der Waals surface area contributed by atoms with Crippen LogP contribution in [0, 0.1) is 0 Å². The number of carbonyl (C=O) groups excluding carboxylic acids is 1. The highest BCUT2D eigenvalue weighted by Crippen LogP contribution is 2.30. The number of nitrogens with zero attached hydrogens (tertiary/aromatic N) is 6. The number of nitrogens with two attached hydrogens (primary N) is 2. The molecule has 0 aliphatic heterocycles. The van der Waals surface area contributed by atoms with Gasteiger partial charge in [-0.05, 0) is 6.92 Å². The second-order valence-electron chi connectivity index (χ2n) is 4.26. The van der Waals surface area contributed by atoms with Gasteiger partial charge < -0.3 is 16.2 Å². The lowest BCUT2D eigenvalue weighted by molar-refractivity contribution is 0.0526. The number of anilines is 2. The van der Waals surface area contributed by atoms with Gasteiger partial charge in [-0.15, -0.1) is 26.7 Å². The van der Waals surface area contributed by atoms with Crippen molar-refractivity contribution in [3.8, 4) is 0 Å². The summed E-state index contributed by atoms with van der Waals surface area (Å²) in [5.41, 5.74) is 12.4. The molecule has 0 aliphatic carbocycles. The Hall–Kier alpha value is -3.08. The first-order valence-electron chi connectivity index (χ1n) is 6.52. The van der Waals surface area contributed by atoms with Gasteiger partial charge in [0.2, 0.25) is 5.13 Å². The zero-order chi connectivity index (χ0) is 16.4. The van der Waals surface area contributed by atoms with E-state index in [1.54, 1.807) is 18.5 Å². The van der Waals surface area contributed by atoms with Crippen LogP contribution in [-0.2, 0) is 4.74 Å². The van der Waals surface area contributed by atoms with Crippen molar-refractivity contribution in [2.45, 2.75) is 6.92 Å². The number of esters is 1. The smallest absolute Gasteiger partial charge is 0.343 e. The molecule has 10 nitrogen and oxygen atoms in total. The maximum absolute atomic E-state index is 11.8. The second-order valence-corrected chi connectivity index (χ2v) is 5.13. The Balaban J connectivity index is 2.06. The van der Waals surface area contributed by atoms with Gasteiger partial charge >= 0.3 is 5.97 Å². The lowest BCUT2D eigenvalue weighted by Crippen LogP contribution is -2.12. The highest BCUT2D eigenvalue weighted by Gasteiger charge is 2.19. The number of thiazole rings is 1. The van der Waals surface area contributed by atoms with Gasteiger partial charge in [0, 0.05) is 17.8 Å². The lowest BCUT2D eigenvalue weighted by atomic mass is 10.3. The van der Waals surface area contributed by atoms with Crippen molar-refractivity contribution >= 4 is 45.4 Å². The monoisotopic (exact) mass is 332 g/mol. The molecule has 3 rings (SSSR count). The lowest BCUT2D eigenvalue weighted by Gasteiger charge is -2.05. The van der Waals surface area contributed by atoms with E-state index in [-0.39, 0.29) is 35.1 Å². The number of hydrogen-bond donors (Lipinski definition) is 2. The van der Waals surface area contributed by atoms with Crippen molar-refractivity contribution in [2.75, 3.05) is 18.1 Å². The molecule has 0 fully saturated rings. The molecular formula is C12H12N8O2S. The fourth-order valence-electron chi connectivity index (χ4n) is 1.83. The predicted molar refractivity (Wildman–Crippen MR) is 84.1 cm³/mol. The fraction of sp³-hybridized carbons (Fsp3) is 0.167. The van der Waals surface area contributed by atoms with E-state index in [9.17, 15) is 4.79 Å². The number of azo groups is 1. The SMILES string of the molecule is CCOC(=O)c1cnc2c(N=Nc3nccs3)c(N)nn2c1N. The van der Waals surface area contributed by atoms with Crippen molar-refractivity contribution in [1.29, 1.82) is 0 Å². The fourth-order valence-corrected chi connectivity index (χ4v) is 2.28. The molecule has 3 heterocycles. The molecule has 3 aromatic rings. The van der Waals surface area contributed by atoms with Crippen LogP contribution in [0.1, 0.15) is 17.3 Å². The molecule has 0 radical (unpaired) electrons.